The van der Waals surface area contributed by atoms with Gasteiger partial charge in [0.2, 0.25) is 17.7 Å². The summed E-state index contributed by atoms with van der Waals surface area (Å²) < 4.78 is -0.651. The van der Waals surface area contributed by atoms with Gasteiger partial charge in [-0.05, 0) is 40.0 Å². The number of hydrogen-bond acceptors (Lipinski definition) is 5. The Kier molecular flexibility index (Phi) is 7.39. The molecule has 3 amide bonds. The topological polar surface area (TPSA) is 81.2 Å². The van der Waals surface area contributed by atoms with Crippen molar-refractivity contribution in [2.45, 2.75) is 74.6 Å². The quantitative estimate of drug-likeness (QED) is 0.516. The van der Waals surface area contributed by atoms with Crippen LogP contribution in [0.1, 0.15) is 47.0 Å². The first kappa shape index (κ1) is 25.8. The molecule has 3 aliphatic heterocycles. The van der Waals surface area contributed by atoms with Crippen molar-refractivity contribution in [2.24, 2.45) is 11.8 Å². The van der Waals surface area contributed by atoms with Crippen LogP contribution in [0.4, 0.5) is 0 Å². The van der Waals surface area contributed by atoms with E-state index in [2.05, 4.69) is 13.2 Å². The lowest BCUT2D eigenvalue weighted by Gasteiger charge is -2.43. The third-order valence-electron chi connectivity index (χ3n) is 7.50. The van der Waals surface area contributed by atoms with Crippen molar-refractivity contribution in [1.29, 1.82) is 0 Å². The normalized spacial score (nSPS) is 31.3. The van der Waals surface area contributed by atoms with Gasteiger partial charge in [-0.15, -0.1) is 24.9 Å². The summed E-state index contributed by atoms with van der Waals surface area (Å²) >= 11 is 1.66. The Balaban J connectivity index is 2.11. The van der Waals surface area contributed by atoms with E-state index in [1.54, 1.807) is 45.7 Å². The third-order valence-corrected chi connectivity index (χ3v) is 9.45. The monoisotopic (exact) mass is 477 g/mol. The van der Waals surface area contributed by atoms with Crippen molar-refractivity contribution in [3.63, 3.8) is 0 Å². The summed E-state index contributed by atoms with van der Waals surface area (Å²) in [5, 5.41) is 10.2. The standard InChI is InChI=1S/C25H39N3O4S/c1-8-13-26(7)21(30)18-17-11-12-25(33-17)19(18)22(31)28(16(10-3)15-29)20(25)23(32)27(14-9-2)24(4,5)6/h8-9,16-20,29H,1-2,10-15H2,3-7H3/t16-,17-,18+,19-,20?,25?/m0/s1. The second-order valence-corrected chi connectivity index (χ2v) is 12.1. The SMILES string of the molecule is C=CCN(C)C(=O)[C@@H]1[C@@H]2CCC3(S2)C(C(=O)N(CC=C)C(C)(C)C)N([C@@H](CC)CO)C(=O)[C@H]13. The highest BCUT2D eigenvalue weighted by molar-refractivity contribution is 8.02. The summed E-state index contributed by atoms with van der Waals surface area (Å²) in [4.78, 5) is 46.7. The van der Waals surface area contributed by atoms with E-state index in [0.717, 1.165) is 6.42 Å². The second kappa shape index (κ2) is 9.45. The van der Waals surface area contributed by atoms with Crippen LogP contribution in [0.2, 0.25) is 0 Å². The Morgan fingerprint density at radius 1 is 1.27 bits per heavy atom. The molecule has 33 heavy (non-hydrogen) atoms. The van der Waals surface area contributed by atoms with Crippen LogP contribution < -0.4 is 0 Å². The Hall–Kier alpha value is -1.80. The molecule has 0 aliphatic carbocycles. The number of rotatable bonds is 9. The average Bonchev–Trinajstić information content (AvgIpc) is 3.39. The van der Waals surface area contributed by atoms with Gasteiger partial charge in [0.05, 0.1) is 29.2 Å². The maximum atomic E-state index is 14.2. The molecular formula is C25H39N3O4S. The zero-order chi connectivity index (χ0) is 24.7. The maximum Gasteiger partial charge on any atom is 0.247 e. The van der Waals surface area contributed by atoms with Gasteiger partial charge in [-0.3, -0.25) is 14.4 Å². The second-order valence-electron chi connectivity index (χ2n) is 10.5. The number of aliphatic hydroxyl groups excluding tert-OH is 1. The highest BCUT2D eigenvalue weighted by Crippen LogP contribution is 2.67. The number of thioether (sulfide) groups is 1. The summed E-state index contributed by atoms with van der Waals surface area (Å²) in [6.45, 7) is 16.0. The molecule has 184 valence electrons. The summed E-state index contributed by atoms with van der Waals surface area (Å²) in [6, 6.07) is -1.16. The number of nitrogens with zero attached hydrogens (tertiary/aromatic N) is 3. The molecule has 3 aliphatic rings. The molecule has 2 bridgehead atoms. The summed E-state index contributed by atoms with van der Waals surface area (Å²) in [7, 11) is 1.74. The molecule has 8 heteroatoms. The van der Waals surface area contributed by atoms with Crippen LogP contribution in [-0.2, 0) is 14.4 Å². The van der Waals surface area contributed by atoms with Gasteiger partial charge < -0.3 is 19.8 Å². The van der Waals surface area contributed by atoms with Crippen LogP contribution in [0, 0.1) is 11.8 Å². The van der Waals surface area contributed by atoms with Crippen LogP contribution >= 0.6 is 11.8 Å². The molecule has 0 aromatic heterocycles. The number of likely N-dealkylation sites (N-methyl/N-ethyl adjacent to an activating group) is 1. The number of aliphatic hydroxyl groups is 1. The van der Waals surface area contributed by atoms with E-state index in [-0.39, 0.29) is 29.6 Å². The van der Waals surface area contributed by atoms with Gasteiger partial charge in [-0.2, -0.15) is 0 Å². The van der Waals surface area contributed by atoms with Gasteiger partial charge in [-0.25, -0.2) is 0 Å². The van der Waals surface area contributed by atoms with Gasteiger partial charge in [0.1, 0.15) is 6.04 Å². The number of fused-ring (bicyclic) bond motifs is 1. The zero-order valence-electron chi connectivity index (χ0n) is 20.6. The van der Waals surface area contributed by atoms with Crippen molar-refractivity contribution in [3.05, 3.63) is 25.3 Å². The van der Waals surface area contributed by atoms with Gasteiger partial charge in [0, 0.05) is 30.9 Å². The first-order chi connectivity index (χ1) is 15.5. The first-order valence-corrected chi connectivity index (χ1v) is 12.8. The van der Waals surface area contributed by atoms with Gasteiger partial charge in [-0.1, -0.05) is 19.1 Å². The third kappa shape index (κ3) is 4.03. The summed E-state index contributed by atoms with van der Waals surface area (Å²) in [6.07, 6.45) is 5.44. The van der Waals surface area contributed by atoms with Gasteiger partial charge in [0.15, 0.2) is 0 Å². The number of carbonyl (C=O) groups excluding carboxylic acids is 3. The van der Waals surface area contributed by atoms with Crippen molar-refractivity contribution >= 4 is 29.5 Å². The van der Waals surface area contributed by atoms with Crippen molar-refractivity contribution in [2.75, 3.05) is 26.7 Å². The van der Waals surface area contributed by atoms with Crippen LogP contribution in [0.15, 0.2) is 25.3 Å². The Bertz CT molecular complexity index is 821. The Labute approximate surface area is 202 Å². The predicted octanol–water partition coefficient (Wildman–Crippen LogP) is 2.31. The van der Waals surface area contributed by atoms with Crippen LogP contribution in [0.3, 0.4) is 0 Å². The number of likely N-dealkylation sites (tertiary alicyclic amines) is 1. The van der Waals surface area contributed by atoms with Crippen LogP contribution in [0.5, 0.6) is 0 Å². The lowest BCUT2D eigenvalue weighted by atomic mass is 9.70. The zero-order valence-corrected chi connectivity index (χ0v) is 21.4. The molecule has 3 rings (SSSR count). The molecule has 0 radical (unpaired) electrons. The van der Waals surface area contributed by atoms with Gasteiger partial charge >= 0.3 is 0 Å². The van der Waals surface area contributed by atoms with Crippen molar-refractivity contribution in [3.8, 4) is 0 Å². The number of amides is 3. The minimum absolute atomic E-state index is 0.0212. The molecule has 0 aromatic rings. The molecule has 3 fully saturated rings. The molecular weight excluding hydrogens is 438 g/mol. The lowest BCUT2D eigenvalue weighted by molar-refractivity contribution is -0.148. The molecule has 0 aromatic carbocycles. The molecule has 3 heterocycles. The molecule has 1 N–H and O–H groups in total. The van der Waals surface area contributed by atoms with E-state index in [1.807, 2.05) is 27.7 Å². The Morgan fingerprint density at radius 3 is 2.42 bits per heavy atom. The smallest absolute Gasteiger partial charge is 0.247 e. The fourth-order valence-electron chi connectivity index (χ4n) is 5.97. The van der Waals surface area contributed by atoms with E-state index < -0.39 is 34.2 Å². The Morgan fingerprint density at radius 2 is 1.91 bits per heavy atom. The maximum absolute atomic E-state index is 14.2. The number of hydrogen-bond donors (Lipinski definition) is 1. The van der Waals surface area contributed by atoms with Crippen LogP contribution in [-0.4, -0.2) is 91.9 Å². The number of carbonyl (C=O) groups is 3. The van der Waals surface area contributed by atoms with E-state index in [1.165, 1.54) is 0 Å². The summed E-state index contributed by atoms with van der Waals surface area (Å²) in [5.74, 6) is -1.36. The molecule has 3 saturated heterocycles. The minimum atomic E-state index is -0.705. The molecule has 1 spiro atoms. The molecule has 7 nitrogen and oxygen atoms in total. The largest absolute Gasteiger partial charge is 0.394 e. The molecule has 2 unspecified atom stereocenters. The van der Waals surface area contributed by atoms with Crippen molar-refractivity contribution < 1.29 is 19.5 Å². The molecule has 6 atom stereocenters. The highest BCUT2D eigenvalue weighted by Gasteiger charge is 2.74. The van der Waals surface area contributed by atoms with E-state index in [0.29, 0.717) is 25.9 Å². The fourth-order valence-corrected chi connectivity index (χ4v) is 8.16. The average molecular weight is 478 g/mol. The van der Waals surface area contributed by atoms with Crippen molar-refractivity contribution in [1.82, 2.24) is 14.7 Å². The summed E-state index contributed by atoms with van der Waals surface area (Å²) in [5.41, 5.74) is -0.462. The van der Waals surface area contributed by atoms with E-state index in [9.17, 15) is 19.5 Å². The highest BCUT2D eigenvalue weighted by atomic mass is 32.2. The molecule has 0 saturated carbocycles. The van der Waals surface area contributed by atoms with Crippen LogP contribution in [0.25, 0.3) is 0 Å². The fraction of sp³-hybridized carbons (Fsp3) is 0.720. The first-order valence-electron chi connectivity index (χ1n) is 11.9. The minimum Gasteiger partial charge on any atom is -0.394 e. The van der Waals surface area contributed by atoms with E-state index >= 15 is 0 Å². The predicted molar refractivity (Wildman–Crippen MR) is 132 cm³/mol. The lowest BCUT2D eigenvalue weighted by Crippen LogP contribution is -2.60. The van der Waals surface area contributed by atoms with Gasteiger partial charge in [0.25, 0.3) is 0 Å². The van der Waals surface area contributed by atoms with E-state index in [4.69, 9.17) is 0 Å².